The maximum Gasteiger partial charge on any atom is 0.303 e. The maximum absolute atomic E-state index is 10.5. The van der Waals surface area contributed by atoms with Crippen LogP contribution >= 0.6 is 0 Å². The van der Waals surface area contributed by atoms with Crippen molar-refractivity contribution >= 4 is 11.9 Å². The fraction of sp³-hybridized carbons (Fsp3) is 0.778. The molecule has 1 rings (SSSR count). The molecule has 5 nitrogen and oxygen atoms in total. The topological polar surface area (TPSA) is 83.8 Å². The largest absolute Gasteiger partial charge is 0.481 e. The van der Waals surface area contributed by atoms with E-state index >= 15 is 0 Å². The van der Waals surface area contributed by atoms with Crippen molar-refractivity contribution in [2.75, 3.05) is 13.2 Å². The van der Waals surface area contributed by atoms with Crippen LogP contribution in [0.15, 0.2) is 0 Å². The Labute approximate surface area is 81.7 Å². The number of carboxylic acid groups (broad SMARTS) is 2. The summed E-state index contributed by atoms with van der Waals surface area (Å²) < 4.78 is 5.14. The molecule has 0 amide bonds. The van der Waals surface area contributed by atoms with Crippen LogP contribution in [0.5, 0.6) is 0 Å². The van der Waals surface area contributed by atoms with Crippen LogP contribution in [0.1, 0.15) is 19.3 Å². The minimum Gasteiger partial charge on any atom is -0.481 e. The van der Waals surface area contributed by atoms with Gasteiger partial charge < -0.3 is 14.9 Å². The molecule has 0 unspecified atom stereocenters. The molecule has 0 aliphatic carbocycles. The molecule has 0 saturated carbocycles. The molecule has 1 saturated heterocycles. The molecule has 1 aliphatic heterocycles. The first-order chi connectivity index (χ1) is 6.59. The normalized spacial score (nSPS) is 27.1. The highest BCUT2D eigenvalue weighted by Crippen LogP contribution is 2.27. The van der Waals surface area contributed by atoms with E-state index in [2.05, 4.69) is 0 Å². The second kappa shape index (κ2) is 4.95. The molecule has 2 N–H and O–H groups in total. The van der Waals surface area contributed by atoms with Crippen LogP contribution in [0.25, 0.3) is 0 Å². The van der Waals surface area contributed by atoms with E-state index in [0.29, 0.717) is 19.6 Å². The summed E-state index contributed by atoms with van der Waals surface area (Å²) >= 11 is 0. The molecule has 14 heavy (non-hydrogen) atoms. The standard InChI is InChI=1S/C9H14O5/c10-8(11)3-6-1-2-14-5-7(6)4-9(12)13/h6-7H,1-5H2,(H,10,11)(H,12,13)/t6-,7-/m1/s1. The average Bonchev–Trinajstić information content (AvgIpc) is 2.06. The second-order valence-electron chi connectivity index (χ2n) is 3.58. The van der Waals surface area contributed by atoms with Gasteiger partial charge in [0, 0.05) is 13.0 Å². The summed E-state index contributed by atoms with van der Waals surface area (Å²) in [6, 6.07) is 0. The Morgan fingerprint density at radius 3 is 2.29 bits per heavy atom. The minimum absolute atomic E-state index is 0.00204. The summed E-state index contributed by atoms with van der Waals surface area (Å²) in [5, 5.41) is 17.2. The number of ether oxygens (including phenoxy) is 1. The lowest BCUT2D eigenvalue weighted by molar-refractivity contribution is -0.144. The van der Waals surface area contributed by atoms with Gasteiger partial charge in [0.1, 0.15) is 0 Å². The summed E-state index contributed by atoms with van der Waals surface area (Å²) in [7, 11) is 0. The molecule has 1 fully saturated rings. The lowest BCUT2D eigenvalue weighted by Gasteiger charge is -2.29. The Bertz CT molecular complexity index is 201. The number of hydrogen-bond donors (Lipinski definition) is 2. The van der Waals surface area contributed by atoms with E-state index in [-0.39, 0.29) is 24.7 Å². The summed E-state index contributed by atoms with van der Waals surface area (Å²) in [5.41, 5.74) is 0. The van der Waals surface area contributed by atoms with Gasteiger partial charge in [0.2, 0.25) is 0 Å². The molecular weight excluding hydrogens is 188 g/mol. The van der Waals surface area contributed by atoms with Crippen molar-refractivity contribution in [3.63, 3.8) is 0 Å². The highest BCUT2D eigenvalue weighted by Gasteiger charge is 2.29. The predicted octanol–water partition coefficient (Wildman–Crippen LogP) is 0.589. The van der Waals surface area contributed by atoms with Crippen LogP contribution in [0.2, 0.25) is 0 Å². The SMILES string of the molecule is O=C(O)C[C@H]1CCOC[C@H]1CC(=O)O. The molecule has 0 aromatic rings. The molecule has 0 bridgehead atoms. The smallest absolute Gasteiger partial charge is 0.303 e. The maximum atomic E-state index is 10.5. The first kappa shape index (κ1) is 11.0. The lowest BCUT2D eigenvalue weighted by Crippen LogP contribution is -2.30. The zero-order chi connectivity index (χ0) is 10.6. The van der Waals surface area contributed by atoms with Crippen LogP contribution in [0, 0.1) is 11.8 Å². The molecule has 1 heterocycles. The Morgan fingerprint density at radius 1 is 1.14 bits per heavy atom. The van der Waals surface area contributed by atoms with Gasteiger partial charge in [0.05, 0.1) is 13.0 Å². The fourth-order valence-corrected chi connectivity index (χ4v) is 1.78. The fourth-order valence-electron chi connectivity index (χ4n) is 1.78. The van der Waals surface area contributed by atoms with Gasteiger partial charge in [-0.15, -0.1) is 0 Å². The van der Waals surface area contributed by atoms with E-state index in [1.807, 2.05) is 0 Å². The van der Waals surface area contributed by atoms with Gasteiger partial charge in [-0.2, -0.15) is 0 Å². The Kier molecular flexibility index (Phi) is 3.88. The molecular formula is C9H14O5. The Hall–Kier alpha value is -1.10. The number of rotatable bonds is 4. The number of hydrogen-bond acceptors (Lipinski definition) is 3. The van der Waals surface area contributed by atoms with E-state index in [1.165, 1.54) is 0 Å². The van der Waals surface area contributed by atoms with E-state index in [4.69, 9.17) is 14.9 Å². The van der Waals surface area contributed by atoms with Gasteiger partial charge in [-0.1, -0.05) is 0 Å². The number of aliphatic carboxylic acids is 2. The quantitative estimate of drug-likeness (QED) is 0.697. The molecule has 1 aliphatic rings. The lowest BCUT2D eigenvalue weighted by atomic mass is 9.84. The monoisotopic (exact) mass is 202 g/mol. The van der Waals surface area contributed by atoms with Crippen LogP contribution in [0.3, 0.4) is 0 Å². The third-order valence-corrected chi connectivity index (χ3v) is 2.51. The summed E-state index contributed by atoms with van der Waals surface area (Å²) in [4.78, 5) is 21.0. The van der Waals surface area contributed by atoms with E-state index < -0.39 is 11.9 Å². The molecule has 0 radical (unpaired) electrons. The third-order valence-electron chi connectivity index (χ3n) is 2.51. The zero-order valence-electron chi connectivity index (χ0n) is 7.81. The molecule has 0 aromatic heterocycles. The van der Waals surface area contributed by atoms with Gasteiger partial charge in [0.25, 0.3) is 0 Å². The van der Waals surface area contributed by atoms with Crippen molar-refractivity contribution in [1.82, 2.24) is 0 Å². The van der Waals surface area contributed by atoms with Gasteiger partial charge >= 0.3 is 11.9 Å². The molecule has 80 valence electrons. The Balaban J connectivity index is 2.49. The van der Waals surface area contributed by atoms with Gasteiger partial charge in [-0.25, -0.2) is 0 Å². The first-order valence-electron chi connectivity index (χ1n) is 4.61. The number of carbonyl (C=O) groups is 2. The van der Waals surface area contributed by atoms with Gasteiger partial charge in [-0.3, -0.25) is 9.59 Å². The molecule has 5 heteroatoms. The molecule has 0 spiro atoms. The van der Waals surface area contributed by atoms with Crippen molar-refractivity contribution in [3.8, 4) is 0 Å². The van der Waals surface area contributed by atoms with E-state index in [9.17, 15) is 9.59 Å². The summed E-state index contributed by atoms with van der Waals surface area (Å²) in [5.74, 6) is -1.97. The van der Waals surface area contributed by atoms with E-state index in [0.717, 1.165) is 0 Å². The van der Waals surface area contributed by atoms with Crippen molar-refractivity contribution in [2.24, 2.45) is 11.8 Å². The second-order valence-corrected chi connectivity index (χ2v) is 3.58. The van der Waals surface area contributed by atoms with Crippen LogP contribution in [-0.2, 0) is 14.3 Å². The third kappa shape index (κ3) is 3.33. The van der Waals surface area contributed by atoms with Crippen molar-refractivity contribution in [1.29, 1.82) is 0 Å². The van der Waals surface area contributed by atoms with Crippen LogP contribution in [-0.4, -0.2) is 35.4 Å². The predicted molar refractivity (Wildman–Crippen MR) is 46.9 cm³/mol. The van der Waals surface area contributed by atoms with Crippen LogP contribution < -0.4 is 0 Å². The first-order valence-corrected chi connectivity index (χ1v) is 4.61. The zero-order valence-corrected chi connectivity index (χ0v) is 7.81. The number of carboxylic acids is 2. The summed E-state index contributed by atoms with van der Waals surface area (Å²) in [6.07, 6.45) is 0.684. The molecule has 0 aromatic carbocycles. The van der Waals surface area contributed by atoms with E-state index in [1.54, 1.807) is 0 Å². The van der Waals surface area contributed by atoms with Crippen molar-refractivity contribution < 1.29 is 24.5 Å². The van der Waals surface area contributed by atoms with Gasteiger partial charge in [-0.05, 0) is 18.3 Å². The average molecular weight is 202 g/mol. The van der Waals surface area contributed by atoms with Crippen molar-refractivity contribution in [2.45, 2.75) is 19.3 Å². The summed E-state index contributed by atoms with van der Waals surface area (Å²) in [6.45, 7) is 0.901. The van der Waals surface area contributed by atoms with Gasteiger partial charge in [0.15, 0.2) is 0 Å². The highest BCUT2D eigenvalue weighted by atomic mass is 16.5. The molecule has 2 atom stereocenters. The van der Waals surface area contributed by atoms with Crippen molar-refractivity contribution in [3.05, 3.63) is 0 Å². The highest BCUT2D eigenvalue weighted by molar-refractivity contribution is 5.68. The Morgan fingerprint density at radius 2 is 1.71 bits per heavy atom. The minimum atomic E-state index is -0.893. The van der Waals surface area contributed by atoms with Crippen LogP contribution in [0.4, 0.5) is 0 Å².